The molecule has 3 aromatic rings. The zero-order valence-electron chi connectivity index (χ0n) is 15.7. The second-order valence-electron chi connectivity index (χ2n) is 6.12. The molecule has 0 saturated carbocycles. The number of nitrogens with one attached hydrogen (secondary N) is 1. The van der Waals surface area contributed by atoms with Crippen molar-refractivity contribution >= 4 is 5.91 Å². The van der Waals surface area contributed by atoms with Gasteiger partial charge in [0.15, 0.2) is 0 Å². The Morgan fingerprint density at radius 1 is 1.10 bits per heavy atom. The van der Waals surface area contributed by atoms with Gasteiger partial charge in [-0.1, -0.05) is 42.5 Å². The summed E-state index contributed by atoms with van der Waals surface area (Å²) in [6.07, 6.45) is 0. The van der Waals surface area contributed by atoms with E-state index in [1.807, 2.05) is 0 Å². The fourth-order valence-electron chi connectivity index (χ4n) is 2.69. The number of methoxy groups -OCH3 is 1. The van der Waals surface area contributed by atoms with E-state index in [4.69, 9.17) is 4.74 Å². The molecule has 0 unspecified atom stereocenters. The molecule has 0 aliphatic carbocycles. The van der Waals surface area contributed by atoms with Crippen LogP contribution in [-0.2, 0) is 11.3 Å². The number of carbonyl (C=O) groups excluding carboxylic acids is 1. The van der Waals surface area contributed by atoms with Crippen molar-refractivity contribution in [3.05, 3.63) is 92.5 Å². The number of amides is 1. The SMILES string of the molecule is COCCNC(=O)c1nn(-c2ccccc2F)c(=O)n(Cc2ccccc2)c1=O. The summed E-state index contributed by atoms with van der Waals surface area (Å²) in [6.45, 7) is 0.290. The number of hydrogen-bond acceptors (Lipinski definition) is 5. The number of ether oxygens (including phenoxy) is 1. The van der Waals surface area contributed by atoms with E-state index < -0.39 is 28.7 Å². The van der Waals surface area contributed by atoms with Crippen LogP contribution in [0.3, 0.4) is 0 Å². The van der Waals surface area contributed by atoms with Crippen molar-refractivity contribution in [1.82, 2.24) is 19.7 Å². The molecular weight excluding hydrogens is 379 g/mol. The van der Waals surface area contributed by atoms with Gasteiger partial charge in [-0.3, -0.25) is 14.2 Å². The number of rotatable bonds is 7. The number of halogens is 1. The number of nitrogens with zero attached hydrogens (tertiary/aromatic N) is 3. The molecule has 0 radical (unpaired) electrons. The smallest absolute Gasteiger partial charge is 0.352 e. The summed E-state index contributed by atoms with van der Waals surface area (Å²) in [5, 5.41) is 6.36. The van der Waals surface area contributed by atoms with Crippen LogP contribution in [-0.4, -0.2) is 40.5 Å². The molecule has 3 rings (SSSR count). The third-order valence-electron chi connectivity index (χ3n) is 4.13. The second kappa shape index (κ2) is 9.07. The van der Waals surface area contributed by atoms with Crippen molar-refractivity contribution in [2.45, 2.75) is 6.54 Å². The second-order valence-corrected chi connectivity index (χ2v) is 6.12. The molecule has 8 nitrogen and oxygen atoms in total. The van der Waals surface area contributed by atoms with Gasteiger partial charge in [0.1, 0.15) is 11.5 Å². The summed E-state index contributed by atoms with van der Waals surface area (Å²) in [6, 6.07) is 14.3. The fourth-order valence-corrected chi connectivity index (χ4v) is 2.69. The standard InChI is InChI=1S/C20H19FN4O4/c1-29-12-11-22-18(26)17-19(27)24(13-14-7-3-2-4-8-14)20(28)25(23-17)16-10-6-5-9-15(16)21/h2-10H,11-13H2,1H3,(H,22,26). The quantitative estimate of drug-likeness (QED) is 0.598. The molecule has 1 N–H and O–H groups in total. The van der Waals surface area contributed by atoms with Crippen molar-refractivity contribution in [3.63, 3.8) is 0 Å². The highest BCUT2D eigenvalue weighted by atomic mass is 19.1. The van der Waals surface area contributed by atoms with Gasteiger partial charge in [0.25, 0.3) is 11.5 Å². The molecular formula is C20H19FN4O4. The molecule has 0 spiro atoms. The lowest BCUT2D eigenvalue weighted by Crippen LogP contribution is -2.46. The van der Waals surface area contributed by atoms with Gasteiger partial charge < -0.3 is 10.1 Å². The van der Waals surface area contributed by atoms with E-state index in [0.717, 1.165) is 15.3 Å². The van der Waals surface area contributed by atoms with Crippen LogP contribution in [0.4, 0.5) is 4.39 Å². The summed E-state index contributed by atoms with van der Waals surface area (Å²) in [5.74, 6) is -1.49. The van der Waals surface area contributed by atoms with Crippen molar-refractivity contribution < 1.29 is 13.9 Å². The maximum Gasteiger partial charge on any atom is 0.352 e. The zero-order valence-corrected chi connectivity index (χ0v) is 15.7. The van der Waals surface area contributed by atoms with E-state index in [9.17, 15) is 18.8 Å². The molecule has 9 heteroatoms. The minimum atomic E-state index is -0.860. The Morgan fingerprint density at radius 3 is 2.48 bits per heavy atom. The Hall–Kier alpha value is -3.59. The van der Waals surface area contributed by atoms with Gasteiger partial charge in [0.2, 0.25) is 5.69 Å². The lowest BCUT2D eigenvalue weighted by molar-refractivity contribution is 0.0927. The molecule has 0 bridgehead atoms. The first-order valence-corrected chi connectivity index (χ1v) is 8.83. The topological polar surface area (TPSA) is 95.2 Å². The van der Waals surface area contributed by atoms with Crippen molar-refractivity contribution in [2.24, 2.45) is 0 Å². The molecule has 0 aliphatic rings. The minimum Gasteiger partial charge on any atom is -0.383 e. The van der Waals surface area contributed by atoms with Crippen LogP contribution in [0, 0.1) is 5.82 Å². The Labute approximate surface area is 165 Å². The van der Waals surface area contributed by atoms with E-state index in [0.29, 0.717) is 5.56 Å². The maximum atomic E-state index is 14.3. The van der Waals surface area contributed by atoms with Crippen LogP contribution in [0.15, 0.2) is 64.2 Å². The Bertz CT molecular complexity index is 1130. The lowest BCUT2D eigenvalue weighted by Gasteiger charge is -2.12. The van der Waals surface area contributed by atoms with E-state index >= 15 is 0 Å². The molecule has 1 amide bonds. The monoisotopic (exact) mass is 398 g/mol. The summed E-state index contributed by atoms with van der Waals surface area (Å²) >= 11 is 0. The molecule has 29 heavy (non-hydrogen) atoms. The first kappa shape index (κ1) is 20.2. The molecule has 0 fully saturated rings. The molecule has 0 saturated heterocycles. The number of carbonyl (C=O) groups is 1. The summed E-state index contributed by atoms with van der Waals surface area (Å²) in [4.78, 5) is 38.2. The van der Waals surface area contributed by atoms with Crippen LogP contribution in [0.25, 0.3) is 5.69 Å². The van der Waals surface area contributed by atoms with Crippen LogP contribution in [0.2, 0.25) is 0 Å². The highest BCUT2D eigenvalue weighted by Crippen LogP contribution is 2.09. The number of para-hydroxylation sites is 1. The van der Waals surface area contributed by atoms with E-state index in [2.05, 4.69) is 10.4 Å². The molecule has 2 aromatic carbocycles. The zero-order chi connectivity index (χ0) is 20.8. The van der Waals surface area contributed by atoms with E-state index in [1.54, 1.807) is 30.3 Å². The Morgan fingerprint density at radius 2 is 1.79 bits per heavy atom. The van der Waals surface area contributed by atoms with Gasteiger partial charge in [0, 0.05) is 13.7 Å². The Balaban J connectivity index is 2.16. The normalized spacial score (nSPS) is 10.7. The van der Waals surface area contributed by atoms with Gasteiger partial charge >= 0.3 is 5.69 Å². The van der Waals surface area contributed by atoms with E-state index in [1.165, 1.54) is 25.3 Å². The molecule has 1 aromatic heterocycles. The van der Waals surface area contributed by atoms with Crippen molar-refractivity contribution in [3.8, 4) is 5.69 Å². The number of benzene rings is 2. The van der Waals surface area contributed by atoms with Crippen LogP contribution >= 0.6 is 0 Å². The number of hydrogen-bond donors (Lipinski definition) is 1. The highest BCUT2D eigenvalue weighted by molar-refractivity contribution is 5.91. The largest absolute Gasteiger partial charge is 0.383 e. The summed E-state index contributed by atoms with van der Waals surface area (Å²) in [7, 11) is 1.47. The predicted octanol–water partition coefficient (Wildman–Crippen LogP) is 0.958. The molecule has 0 aliphatic heterocycles. The summed E-state index contributed by atoms with van der Waals surface area (Å²) in [5.41, 5.74) is -1.72. The minimum absolute atomic E-state index is 0.0895. The van der Waals surface area contributed by atoms with Gasteiger partial charge in [-0.2, -0.15) is 9.78 Å². The Kier molecular flexibility index (Phi) is 6.30. The maximum absolute atomic E-state index is 14.3. The summed E-state index contributed by atoms with van der Waals surface area (Å²) < 4.78 is 20.7. The fraction of sp³-hybridized carbons (Fsp3) is 0.200. The average Bonchev–Trinajstić information content (AvgIpc) is 2.73. The van der Waals surface area contributed by atoms with Crippen LogP contribution in [0.1, 0.15) is 16.1 Å². The third kappa shape index (κ3) is 4.46. The highest BCUT2D eigenvalue weighted by Gasteiger charge is 2.21. The van der Waals surface area contributed by atoms with Gasteiger partial charge in [-0.25, -0.2) is 9.18 Å². The first-order valence-electron chi connectivity index (χ1n) is 8.83. The third-order valence-corrected chi connectivity index (χ3v) is 4.13. The molecule has 1 heterocycles. The average molecular weight is 398 g/mol. The van der Waals surface area contributed by atoms with Gasteiger partial charge in [-0.15, -0.1) is 0 Å². The lowest BCUT2D eigenvalue weighted by atomic mass is 10.2. The first-order chi connectivity index (χ1) is 14.0. The molecule has 150 valence electrons. The molecule has 0 atom stereocenters. The van der Waals surface area contributed by atoms with E-state index in [-0.39, 0.29) is 25.4 Å². The van der Waals surface area contributed by atoms with Crippen LogP contribution < -0.4 is 16.6 Å². The van der Waals surface area contributed by atoms with Crippen LogP contribution in [0.5, 0.6) is 0 Å². The van der Waals surface area contributed by atoms with Gasteiger partial charge in [-0.05, 0) is 17.7 Å². The number of aromatic nitrogens is 3. The van der Waals surface area contributed by atoms with Crippen molar-refractivity contribution in [2.75, 3.05) is 20.3 Å². The predicted molar refractivity (Wildman–Crippen MR) is 104 cm³/mol. The van der Waals surface area contributed by atoms with Crippen molar-refractivity contribution in [1.29, 1.82) is 0 Å². The van der Waals surface area contributed by atoms with Gasteiger partial charge in [0.05, 0.1) is 13.2 Å².